The lowest BCUT2D eigenvalue weighted by Crippen LogP contribution is -2.15. The Bertz CT molecular complexity index is 1190. The summed E-state index contributed by atoms with van der Waals surface area (Å²) in [6, 6.07) is 12.1. The number of carbonyl (C=O) groups is 1. The molecular formula is C21H17FN4OS2. The number of fused-ring (bicyclic) bond motifs is 1. The summed E-state index contributed by atoms with van der Waals surface area (Å²) in [5, 5.41) is 3.66. The highest BCUT2D eigenvalue weighted by atomic mass is 32.2. The Hall–Kier alpha value is -2.84. The molecule has 0 saturated heterocycles. The zero-order chi connectivity index (χ0) is 20.4. The highest BCUT2D eigenvalue weighted by Gasteiger charge is 2.16. The predicted molar refractivity (Wildman–Crippen MR) is 116 cm³/mol. The summed E-state index contributed by atoms with van der Waals surface area (Å²) in [6.07, 6.45) is 1.47. The van der Waals surface area contributed by atoms with Gasteiger partial charge >= 0.3 is 0 Å². The Labute approximate surface area is 175 Å². The minimum Gasteiger partial charge on any atom is -0.325 e. The molecular weight excluding hydrogens is 407 g/mol. The molecule has 0 aliphatic heterocycles. The topological polar surface area (TPSA) is 67.8 Å². The number of aromatic nitrogens is 3. The van der Waals surface area contributed by atoms with Gasteiger partial charge in [-0.25, -0.2) is 14.4 Å². The van der Waals surface area contributed by atoms with Gasteiger partial charge in [-0.15, -0.1) is 0 Å². The molecule has 2 aromatic carbocycles. The van der Waals surface area contributed by atoms with Crippen LogP contribution in [0.1, 0.15) is 11.1 Å². The number of rotatable bonds is 5. The minimum atomic E-state index is -0.297. The number of halogens is 1. The van der Waals surface area contributed by atoms with Crippen molar-refractivity contribution in [3.63, 3.8) is 0 Å². The maximum Gasteiger partial charge on any atom is 0.234 e. The zero-order valence-corrected chi connectivity index (χ0v) is 17.4. The minimum absolute atomic E-state index is 0.0984. The summed E-state index contributed by atoms with van der Waals surface area (Å²) >= 11 is 2.62. The lowest BCUT2D eigenvalue weighted by Gasteiger charge is -2.09. The first-order valence-electron chi connectivity index (χ1n) is 8.87. The maximum absolute atomic E-state index is 13.2. The highest BCUT2D eigenvalue weighted by Crippen LogP contribution is 2.34. The molecule has 2 aromatic heterocycles. The third kappa shape index (κ3) is 4.28. The molecule has 1 N–H and O–H groups in total. The van der Waals surface area contributed by atoms with Gasteiger partial charge < -0.3 is 5.32 Å². The Kier molecular flexibility index (Phi) is 5.55. The average Bonchev–Trinajstić information content (AvgIpc) is 3.14. The lowest BCUT2D eigenvalue weighted by atomic mass is 10.1. The standard InChI is InChI=1S/C21H17FN4OS2/c1-12-3-4-13(2)16(9-12)25-17(27)10-28-21-20-19(23-11-24-21)18(26-29-20)14-5-7-15(22)8-6-14/h3-9,11H,10H2,1-2H3,(H,25,27). The van der Waals surface area contributed by atoms with Crippen molar-refractivity contribution in [1.82, 2.24) is 14.3 Å². The fourth-order valence-corrected chi connectivity index (χ4v) is 4.55. The van der Waals surface area contributed by atoms with E-state index in [9.17, 15) is 9.18 Å². The van der Waals surface area contributed by atoms with E-state index in [1.807, 2.05) is 32.0 Å². The summed E-state index contributed by atoms with van der Waals surface area (Å²) in [5.74, 6) is -0.170. The Morgan fingerprint density at radius 3 is 2.72 bits per heavy atom. The van der Waals surface area contributed by atoms with E-state index < -0.39 is 0 Å². The van der Waals surface area contributed by atoms with Crippen LogP contribution in [-0.2, 0) is 4.79 Å². The van der Waals surface area contributed by atoms with Crippen molar-refractivity contribution in [2.45, 2.75) is 18.9 Å². The molecule has 0 aliphatic carbocycles. The van der Waals surface area contributed by atoms with Gasteiger partial charge in [0.15, 0.2) is 0 Å². The molecule has 0 atom stereocenters. The molecule has 0 fully saturated rings. The molecule has 2 heterocycles. The van der Waals surface area contributed by atoms with E-state index >= 15 is 0 Å². The lowest BCUT2D eigenvalue weighted by molar-refractivity contribution is -0.113. The van der Waals surface area contributed by atoms with Gasteiger partial charge in [-0.2, -0.15) is 4.37 Å². The van der Waals surface area contributed by atoms with Crippen LogP contribution < -0.4 is 5.32 Å². The quantitative estimate of drug-likeness (QED) is 0.350. The summed E-state index contributed by atoms with van der Waals surface area (Å²) in [7, 11) is 0. The number of aryl methyl sites for hydroxylation is 2. The fraction of sp³-hybridized carbons (Fsp3) is 0.143. The molecule has 29 heavy (non-hydrogen) atoms. The van der Waals surface area contributed by atoms with Crippen LogP contribution in [0.5, 0.6) is 0 Å². The van der Waals surface area contributed by atoms with Crippen LogP contribution in [0.2, 0.25) is 0 Å². The number of nitrogens with one attached hydrogen (secondary N) is 1. The largest absolute Gasteiger partial charge is 0.325 e. The van der Waals surface area contributed by atoms with Crippen LogP contribution >= 0.6 is 23.3 Å². The molecule has 0 spiro atoms. The van der Waals surface area contributed by atoms with E-state index in [1.54, 1.807) is 12.1 Å². The van der Waals surface area contributed by atoms with Crippen molar-refractivity contribution in [3.05, 3.63) is 65.7 Å². The first-order valence-corrected chi connectivity index (χ1v) is 10.6. The number of thioether (sulfide) groups is 1. The van der Waals surface area contributed by atoms with Gasteiger partial charge in [0.1, 0.15) is 33.1 Å². The molecule has 8 heteroatoms. The number of amides is 1. The van der Waals surface area contributed by atoms with E-state index in [2.05, 4.69) is 19.7 Å². The van der Waals surface area contributed by atoms with Crippen molar-refractivity contribution < 1.29 is 9.18 Å². The van der Waals surface area contributed by atoms with Crippen molar-refractivity contribution in [1.29, 1.82) is 0 Å². The molecule has 0 aliphatic rings. The van der Waals surface area contributed by atoms with Gasteiger partial charge in [0, 0.05) is 11.3 Å². The number of nitrogens with zero attached hydrogens (tertiary/aromatic N) is 3. The summed E-state index contributed by atoms with van der Waals surface area (Å²) in [4.78, 5) is 21.1. The Morgan fingerprint density at radius 1 is 1.14 bits per heavy atom. The van der Waals surface area contributed by atoms with Gasteiger partial charge in [-0.05, 0) is 66.8 Å². The predicted octanol–water partition coefficient (Wildman–Crippen LogP) is 5.24. The van der Waals surface area contributed by atoms with Crippen molar-refractivity contribution in [2.24, 2.45) is 0 Å². The Balaban J connectivity index is 1.52. The Morgan fingerprint density at radius 2 is 1.93 bits per heavy atom. The van der Waals surface area contributed by atoms with Crippen molar-refractivity contribution in [3.8, 4) is 11.3 Å². The maximum atomic E-state index is 13.2. The zero-order valence-electron chi connectivity index (χ0n) is 15.8. The van der Waals surface area contributed by atoms with Gasteiger partial charge in [-0.1, -0.05) is 23.9 Å². The molecule has 0 unspecified atom stereocenters. The van der Waals surface area contributed by atoms with Crippen LogP contribution in [0.4, 0.5) is 10.1 Å². The van der Waals surface area contributed by atoms with Gasteiger partial charge in [0.05, 0.1) is 5.75 Å². The smallest absolute Gasteiger partial charge is 0.234 e. The van der Waals surface area contributed by atoms with Crippen LogP contribution in [0.15, 0.2) is 53.8 Å². The number of anilines is 1. The number of hydrogen-bond acceptors (Lipinski definition) is 6. The normalized spacial score (nSPS) is 11.0. The molecule has 1 amide bonds. The van der Waals surface area contributed by atoms with E-state index in [4.69, 9.17) is 0 Å². The molecule has 5 nitrogen and oxygen atoms in total. The monoisotopic (exact) mass is 424 g/mol. The van der Waals surface area contributed by atoms with Gasteiger partial charge in [-0.3, -0.25) is 4.79 Å². The SMILES string of the molecule is Cc1ccc(C)c(NC(=O)CSc2ncnc3c(-c4ccc(F)cc4)nsc23)c1. The highest BCUT2D eigenvalue weighted by molar-refractivity contribution is 8.00. The molecule has 0 radical (unpaired) electrons. The summed E-state index contributed by atoms with van der Waals surface area (Å²) in [5.41, 5.74) is 5.11. The molecule has 146 valence electrons. The first-order chi connectivity index (χ1) is 14.0. The van der Waals surface area contributed by atoms with Crippen LogP contribution in [-0.4, -0.2) is 26.0 Å². The van der Waals surface area contributed by atoms with E-state index in [-0.39, 0.29) is 17.5 Å². The van der Waals surface area contributed by atoms with Crippen molar-refractivity contribution in [2.75, 3.05) is 11.1 Å². The number of hydrogen-bond donors (Lipinski definition) is 1. The van der Waals surface area contributed by atoms with E-state index in [1.165, 1.54) is 41.8 Å². The van der Waals surface area contributed by atoms with Crippen LogP contribution in [0.3, 0.4) is 0 Å². The third-order valence-corrected chi connectivity index (χ3v) is 6.31. The van der Waals surface area contributed by atoms with Gasteiger partial charge in [0.2, 0.25) is 5.91 Å². The first kappa shape index (κ1) is 19.5. The molecule has 4 aromatic rings. The molecule has 4 rings (SSSR count). The number of benzene rings is 2. The summed E-state index contributed by atoms with van der Waals surface area (Å²) in [6.45, 7) is 3.95. The van der Waals surface area contributed by atoms with Crippen LogP contribution in [0, 0.1) is 19.7 Å². The second-order valence-corrected chi connectivity index (χ2v) is 8.29. The summed E-state index contributed by atoms with van der Waals surface area (Å²) < 4.78 is 18.5. The van der Waals surface area contributed by atoms with Crippen LogP contribution in [0.25, 0.3) is 21.5 Å². The fourth-order valence-electron chi connectivity index (χ4n) is 2.83. The number of carbonyl (C=O) groups excluding carboxylic acids is 1. The van der Waals surface area contributed by atoms with Gasteiger partial charge in [0.25, 0.3) is 0 Å². The second kappa shape index (κ2) is 8.26. The van der Waals surface area contributed by atoms with E-state index in [0.717, 1.165) is 27.1 Å². The second-order valence-electron chi connectivity index (χ2n) is 6.55. The van der Waals surface area contributed by atoms with E-state index in [0.29, 0.717) is 16.2 Å². The van der Waals surface area contributed by atoms with Crippen molar-refractivity contribution >= 4 is 45.1 Å². The average molecular weight is 425 g/mol. The molecule has 0 saturated carbocycles. The molecule has 0 bridgehead atoms. The third-order valence-electron chi connectivity index (χ3n) is 4.35.